The standard InChI is InChI=1S/C19H17FN4O4/c1-22(12-13-28-18-5-3-2-4-16(18)20)19(25)17-10-11-23(21-17)14-6-8-15(9-7-14)24(26)27/h2-11H,12-13H2,1H3. The van der Waals surface area contributed by atoms with Crippen LogP contribution >= 0.6 is 0 Å². The second-order valence-electron chi connectivity index (χ2n) is 5.92. The molecule has 1 aromatic heterocycles. The molecule has 0 aliphatic carbocycles. The number of nitro groups is 1. The Morgan fingerprint density at radius 2 is 1.93 bits per heavy atom. The maximum absolute atomic E-state index is 13.5. The molecule has 144 valence electrons. The number of ether oxygens (including phenoxy) is 1. The number of halogens is 1. The zero-order valence-corrected chi connectivity index (χ0v) is 15.0. The molecular weight excluding hydrogens is 367 g/mol. The second kappa shape index (κ2) is 8.30. The van der Waals surface area contributed by atoms with E-state index in [1.807, 2.05) is 0 Å². The van der Waals surface area contributed by atoms with Crippen LogP contribution in [0.25, 0.3) is 5.69 Å². The van der Waals surface area contributed by atoms with E-state index in [4.69, 9.17) is 4.74 Å². The topological polar surface area (TPSA) is 90.5 Å². The first-order valence-corrected chi connectivity index (χ1v) is 8.39. The summed E-state index contributed by atoms with van der Waals surface area (Å²) >= 11 is 0. The van der Waals surface area contributed by atoms with Crippen molar-refractivity contribution in [1.29, 1.82) is 0 Å². The largest absolute Gasteiger partial charge is 0.489 e. The van der Waals surface area contributed by atoms with Crippen molar-refractivity contribution in [2.75, 3.05) is 20.2 Å². The molecule has 0 fully saturated rings. The second-order valence-corrected chi connectivity index (χ2v) is 5.92. The van der Waals surface area contributed by atoms with Crippen LogP contribution in [0.5, 0.6) is 5.75 Å². The molecule has 3 aromatic rings. The zero-order chi connectivity index (χ0) is 20.1. The van der Waals surface area contributed by atoms with Gasteiger partial charge in [-0.05, 0) is 30.3 Å². The van der Waals surface area contributed by atoms with E-state index in [-0.39, 0.29) is 36.2 Å². The van der Waals surface area contributed by atoms with E-state index < -0.39 is 10.7 Å². The average molecular weight is 384 g/mol. The van der Waals surface area contributed by atoms with Crippen LogP contribution in [0.1, 0.15) is 10.5 Å². The summed E-state index contributed by atoms with van der Waals surface area (Å²) in [7, 11) is 1.60. The molecule has 28 heavy (non-hydrogen) atoms. The first-order valence-electron chi connectivity index (χ1n) is 8.39. The molecule has 9 heteroatoms. The highest BCUT2D eigenvalue weighted by Crippen LogP contribution is 2.16. The quantitative estimate of drug-likeness (QED) is 0.461. The first kappa shape index (κ1) is 19.0. The van der Waals surface area contributed by atoms with Crippen LogP contribution < -0.4 is 4.74 Å². The highest BCUT2D eigenvalue weighted by Gasteiger charge is 2.16. The van der Waals surface area contributed by atoms with Crippen LogP contribution in [-0.4, -0.2) is 45.7 Å². The van der Waals surface area contributed by atoms with Gasteiger partial charge in [-0.1, -0.05) is 12.1 Å². The van der Waals surface area contributed by atoms with Crippen LogP contribution in [0.4, 0.5) is 10.1 Å². The number of hydrogen-bond donors (Lipinski definition) is 0. The average Bonchev–Trinajstić information content (AvgIpc) is 3.19. The zero-order valence-electron chi connectivity index (χ0n) is 15.0. The monoisotopic (exact) mass is 384 g/mol. The Hall–Kier alpha value is -3.75. The number of nitro benzene ring substituents is 1. The van der Waals surface area contributed by atoms with Crippen molar-refractivity contribution in [3.63, 3.8) is 0 Å². The summed E-state index contributed by atoms with van der Waals surface area (Å²) in [6.07, 6.45) is 1.60. The number of aromatic nitrogens is 2. The summed E-state index contributed by atoms with van der Waals surface area (Å²) in [5.74, 6) is -0.651. The van der Waals surface area contributed by atoms with E-state index in [0.29, 0.717) is 5.69 Å². The highest BCUT2D eigenvalue weighted by atomic mass is 19.1. The van der Waals surface area contributed by atoms with Crippen molar-refractivity contribution in [2.24, 2.45) is 0 Å². The summed E-state index contributed by atoms with van der Waals surface area (Å²) in [6, 6.07) is 13.4. The third kappa shape index (κ3) is 4.32. The number of carbonyl (C=O) groups excluding carboxylic acids is 1. The molecule has 0 atom stereocenters. The first-order chi connectivity index (χ1) is 13.5. The van der Waals surface area contributed by atoms with Crippen LogP contribution in [0, 0.1) is 15.9 Å². The van der Waals surface area contributed by atoms with Gasteiger partial charge < -0.3 is 9.64 Å². The third-order valence-corrected chi connectivity index (χ3v) is 4.00. The Bertz CT molecular complexity index is 988. The maximum atomic E-state index is 13.5. The summed E-state index contributed by atoms with van der Waals surface area (Å²) in [6.45, 7) is 0.379. The predicted octanol–water partition coefficient (Wildman–Crippen LogP) is 3.07. The molecule has 1 heterocycles. The van der Waals surface area contributed by atoms with Gasteiger partial charge in [-0.25, -0.2) is 9.07 Å². The third-order valence-electron chi connectivity index (χ3n) is 4.00. The Morgan fingerprint density at radius 3 is 2.61 bits per heavy atom. The fourth-order valence-electron chi connectivity index (χ4n) is 2.46. The maximum Gasteiger partial charge on any atom is 0.274 e. The number of carbonyl (C=O) groups is 1. The molecule has 3 rings (SSSR count). The fraction of sp³-hybridized carbons (Fsp3) is 0.158. The van der Waals surface area contributed by atoms with Crippen LogP contribution in [0.2, 0.25) is 0 Å². The number of nitrogens with zero attached hydrogens (tertiary/aromatic N) is 4. The summed E-state index contributed by atoms with van der Waals surface area (Å²) in [5.41, 5.74) is 0.781. The number of hydrogen-bond acceptors (Lipinski definition) is 5. The van der Waals surface area contributed by atoms with E-state index in [2.05, 4.69) is 5.10 Å². The molecule has 0 aliphatic rings. The Labute approximate surface area is 159 Å². The molecule has 0 saturated heterocycles. The fourth-order valence-corrected chi connectivity index (χ4v) is 2.46. The van der Waals surface area contributed by atoms with Crippen LogP contribution in [-0.2, 0) is 0 Å². The Morgan fingerprint density at radius 1 is 1.21 bits per heavy atom. The van der Waals surface area contributed by atoms with Gasteiger partial charge in [-0.2, -0.15) is 5.10 Å². The van der Waals surface area contributed by atoms with E-state index >= 15 is 0 Å². The normalized spacial score (nSPS) is 10.5. The van der Waals surface area contributed by atoms with Gasteiger partial charge in [0.15, 0.2) is 17.3 Å². The van der Waals surface area contributed by atoms with Crippen molar-refractivity contribution in [1.82, 2.24) is 14.7 Å². The van der Waals surface area contributed by atoms with Gasteiger partial charge in [0.2, 0.25) is 0 Å². The molecule has 2 aromatic carbocycles. The minimum atomic E-state index is -0.486. The van der Waals surface area contributed by atoms with E-state index in [0.717, 1.165) is 0 Å². The molecule has 0 saturated carbocycles. The minimum Gasteiger partial charge on any atom is -0.489 e. The molecule has 0 unspecified atom stereocenters. The molecule has 0 bridgehead atoms. The van der Waals surface area contributed by atoms with Crippen molar-refractivity contribution in [3.05, 3.63) is 82.4 Å². The van der Waals surface area contributed by atoms with Crippen LogP contribution in [0.3, 0.4) is 0 Å². The molecule has 0 spiro atoms. The predicted molar refractivity (Wildman–Crippen MR) is 99.1 cm³/mol. The van der Waals surface area contributed by atoms with Crippen molar-refractivity contribution in [3.8, 4) is 11.4 Å². The van der Waals surface area contributed by atoms with Gasteiger partial charge in [0, 0.05) is 25.4 Å². The number of para-hydroxylation sites is 1. The Balaban J connectivity index is 1.60. The number of likely N-dealkylation sites (N-methyl/N-ethyl adjacent to an activating group) is 1. The molecule has 0 N–H and O–H groups in total. The van der Waals surface area contributed by atoms with Gasteiger partial charge in [0.25, 0.3) is 11.6 Å². The van der Waals surface area contributed by atoms with Gasteiger partial charge >= 0.3 is 0 Å². The molecule has 0 aliphatic heterocycles. The van der Waals surface area contributed by atoms with Crippen molar-refractivity contribution >= 4 is 11.6 Å². The lowest BCUT2D eigenvalue weighted by Crippen LogP contribution is -2.31. The summed E-state index contributed by atoms with van der Waals surface area (Å²) in [5, 5.41) is 14.9. The van der Waals surface area contributed by atoms with Crippen molar-refractivity contribution in [2.45, 2.75) is 0 Å². The number of amides is 1. The van der Waals surface area contributed by atoms with E-state index in [9.17, 15) is 19.3 Å². The lowest BCUT2D eigenvalue weighted by atomic mass is 10.3. The summed E-state index contributed by atoms with van der Waals surface area (Å²) < 4.78 is 20.3. The molecule has 0 radical (unpaired) electrons. The smallest absolute Gasteiger partial charge is 0.274 e. The molecule has 8 nitrogen and oxygen atoms in total. The van der Waals surface area contributed by atoms with Crippen LogP contribution in [0.15, 0.2) is 60.8 Å². The lowest BCUT2D eigenvalue weighted by Gasteiger charge is -2.16. The SMILES string of the molecule is CN(CCOc1ccccc1F)C(=O)c1ccn(-c2ccc([N+](=O)[O-])cc2)n1. The van der Waals surface area contributed by atoms with Gasteiger partial charge in [0.1, 0.15) is 6.61 Å². The van der Waals surface area contributed by atoms with Crippen molar-refractivity contribution < 1.29 is 18.8 Å². The molecular formula is C19H17FN4O4. The van der Waals surface area contributed by atoms with E-state index in [1.165, 1.54) is 33.8 Å². The Kier molecular flexibility index (Phi) is 5.64. The minimum absolute atomic E-state index is 0.0261. The number of benzene rings is 2. The van der Waals surface area contributed by atoms with Gasteiger partial charge in [0.05, 0.1) is 17.2 Å². The highest BCUT2D eigenvalue weighted by molar-refractivity contribution is 5.92. The van der Waals surface area contributed by atoms with E-state index in [1.54, 1.807) is 43.6 Å². The van der Waals surface area contributed by atoms with Gasteiger partial charge in [-0.15, -0.1) is 0 Å². The number of rotatable bonds is 7. The lowest BCUT2D eigenvalue weighted by molar-refractivity contribution is -0.384. The number of non-ortho nitro benzene ring substituents is 1. The van der Waals surface area contributed by atoms with Gasteiger partial charge in [-0.3, -0.25) is 14.9 Å². The summed E-state index contributed by atoms with van der Waals surface area (Å²) in [4.78, 5) is 24.1. The molecule has 1 amide bonds.